The van der Waals surface area contributed by atoms with E-state index in [1.807, 2.05) is 23.1 Å². The Labute approximate surface area is 123 Å². The molecule has 1 aliphatic rings. The highest BCUT2D eigenvalue weighted by molar-refractivity contribution is 5.76. The van der Waals surface area contributed by atoms with E-state index in [1.165, 1.54) is 0 Å². The summed E-state index contributed by atoms with van der Waals surface area (Å²) in [5.74, 6) is -0.311. The number of carbonyl (C=O) groups is 2. The molecule has 0 aromatic carbocycles. The monoisotopic (exact) mass is 291 g/mol. The first kappa shape index (κ1) is 15.2. The molecule has 7 nitrogen and oxygen atoms in total. The van der Waals surface area contributed by atoms with Crippen LogP contribution in [0.4, 0.5) is 4.79 Å². The van der Waals surface area contributed by atoms with Gasteiger partial charge < -0.3 is 16.4 Å². The largest absolute Gasteiger partial charge is 0.369 e. The molecule has 1 aliphatic heterocycles. The number of rotatable bonds is 5. The quantitative estimate of drug-likeness (QED) is 0.701. The summed E-state index contributed by atoms with van der Waals surface area (Å²) >= 11 is 0. The first-order valence-corrected chi connectivity index (χ1v) is 7.08. The maximum atomic E-state index is 11.8. The number of hydrogen-bond acceptors (Lipinski definition) is 4. The van der Waals surface area contributed by atoms with Gasteiger partial charge in [-0.2, -0.15) is 0 Å². The van der Waals surface area contributed by atoms with Crippen molar-refractivity contribution < 1.29 is 9.59 Å². The van der Waals surface area contributed by atoms with Gasteiger partial charge in [-0.25, -0.2) is 4.79 Å². The molecule has 0 radical (unpaired) electrons. The SMILES string of the molecule is NC(=O)CN1CCC(NC(=O)NCc2ccccn2)CC1. The Kier molecular flexibility index (Phi) is 5.51. The van der Waals surface area contributed by atoms with Crippen LogP contribution in [0.5, 0.6) is 0 Å². The molecule has 2 heterocycles. The number of nitrogens with one attached hydrogen (secondary N) is 2. The number of carbonyl (C=O) groups excluding carboxylic acids is 2. The number of amides is 3. The lowest BCUT2D eigenvalue weighted by Crippen LogP contribution is -2.49. The van der Waals surface area contributed by atoms with E-state index in [-0.39, 0.29) is 18.0 Å². The summed E-state index contributed by atoms with van der Waals surface area (Å²) in [7, 11) is 0. The van der Waals surface area contributed by atoms with Gasteiger partial charge in [0, 0.05) is 25.3 Å². The molecule has 7 heteroatoms. The molecule has 2 rings (SSSR count). The highest BCUT2D eigenvalue weighted by Gasteiger charge is 2.21. The fraction of sp³-hybridized carbons (Fsp3) is 0.500. The Morgan fingerprint density at radius 2 is 2.10 bits per heavy atom. The minimum atomic E-state index is -0.311. The molecule has 1 aromatic heterocycles. The summed E-state index contributed by atoms with van der Waals surface area (Å²) in [6.07, 6.45) is 3.35. The predicted molar refractivity (Wildman–Crippen MR) is 78.3 cm³/mol. The van der Waals surface area contributed by atoms with Crippen LogP contribution >= 0.6 is 0 Å². The number of pyridine rings is 1. The van der Waals surface area contributed by atoms with Crippen molar-refractivity contribution >= 4 is 11.9 Å². The lowest BCUT2D eigenvalue weighted by atomic mass is 10.1. The molecule has 21 heavy (non-hydrogen) atoms. The predicted octanol–water partition coefficient (Wildman–Crippen LogP) is -0.169. The van der Waals surface area contributed by atoms with Gasteiger partial charge in [0.15, 0.2) is 0 Å². The number of primary amides is 1. The molecule has 3 amide bonds. The Balaban J connectivity index is 1.66. The van der Waals surface area contributed by atoms with E-state index in [0.717, 1.165) is 31.6 Å². The highest BCUT2D eigenvalue weighted by Crippen LogP contribution is 2.09. The fourth-order valence-corrected chi connectivity index (χ4v) is 2.37. The van der Waals surface area contributed by atoms with Crippen molar-refractivity contribution in [3.05, 3.63) is 30.1 Å². The molecule has 0 atom stereocenters. The van der Waals surface area contributed by atoms with Gasteiger partial charge in [0.25, 0.3) is 0 Å². The zero-order valence-corrected chi connectivity index (χ0v) is 11.9. The van der Waals surface area contributed by atoms with Crippen LogP contribution in [0.2, 0.25) is 0 Å². The van der Waals surface area contributed by atoms with Gasteiger partial charge in [-0.05, 0) is 25.0 Å². The van der Waals surface area contributed by atoms with Gasteiger partial charge in [0.2, 0.25) is 5.91 Å². The van der Waals surface area contributed by atoms with Gasteiger partial charge in [-0.1, -0.05) is 6.07 Å². The number of nitrogens with zero attached hydrogens (tertiary/aromatic N) is 2. The molecule has 1 saturated heterocycles. The van der Waals surface area contributed by atoms with Gasteiger partial charge in [-0.3, -0.25) is 14.7 Å². The number of nitrogens with two attached hydrogens (primary N) is 1. The van der Waals surface area contributed by atoms with E-state index >= 15 is 0 Å². The van der Waals surface area contributed by atoms with Crippen LogP contribution in [0.15, 0.2) is 24.4 Å². The first-order valence-electron chi connectivity index (χ1n) is 7.08. The first-order chi connectivity index (χ1) is 10.1. The van der Waals surface area contributed by atoms with Gasteiger partial charge >= 0.3 is 6.03 Å². The summed E-state index contributed by atoms with van der Waals surface area (Å²) in [5.41, 5.74) is 5.99. The molecular weight excluding hydrogens is 270 g/mol. The summed E-state index contributed by atoms with van der Waals surface area (Å²) in [4.78, 5) is 28.8. The normalized spacial score (nSPS) is 16.4. The molecule has 1 aromatic rings. The second-order valence-electron chi connectivity index (χ2n) is 5.16. The van der Waals surface area contributed by atoms with Gasteiger partial charge in [0.05, 0.1) is 18.8 Å². The number of piperidine rings is 1. The van der Waals surface area contributed by atoms with Crippen LogP contribution in [-0.2, 0) is 11.3 Å². The van der Waals surface area contributed by atoms with Crippen molar-refractivity contribution in [1.29, 1.82) is 0 Å². The maximum Gasteiger partial charge on any atom is 0.315 e. The number of hydrogen-bond donors (Lipinski definition) is 3. The second kappa shape index (κ2) is 7.58. The fourth-order valence-electron chi connectivity index (χ4n) is 2.37. The van der Waals surface area contributed by atoms with Crippen LogP contribution in [-0.4, -0.2) is 47.5 Å². The second-order valence-corrected chi connectivity index (χ2v) is 5.16. The zero-order valence-electron chi connectivity index (χ0n) is 11.9. The zero-order chi connectivity index (χ0) is 15.1. The van der Waals surface area contributed by atoms with Crippen molar-refractivity contribution in [3.63, 3.8) is 0 Å². The van der Waals surface area contributed by atoms with E-state index in [0.29, 0.717) is 13.1 Å². The Morgan fingerprint density at radius 1 is 1.33 bits per heavy atom. The van der Waals surface area contributed by atoms with Crippen molar-refractivity contribution in [2.45, 2.75) is 25.4 Å². The van der Waals surface area contributed by atoms with Crippen LogP contribution in [0.25, 0.3) is 0 Å². The Hall–Kier alpha value is -2.15. The van der Waals surface area contributed by atoms with E-state index in [2.05, 4.69) is 15.6 Å². The Morgan fingerprint density at radius 3 is 2.71 bits per heavy atom. The third-order valence-corrected chi connectivity index (χ3v) is 3.46. The van der Waals surface area contributed by atoms with Crippen LogP contribution in [0.1, 0.15) is 18.5 Å². The lowest BCUT2D eigenvalue weighted by molar-refractivity contribution is -0.119. The van der Waals surface area contributed by atoms with E-state index in [4.69, 9.17) is 5.73 Å². The minimum absolute atomic E-state index is 0.137. The summed E-state index contributed by atoms with van der Waals surface area (Å²) in [6.45, 7) is 2.24. The highest BCUT2D eigenvalue weighted by atomic mass is 16.2. The molecule has 0 aliphatic carbocycles. The van der Waals surface area contributed by atoms with Crippen molar-refractivity contribution in [2.24, 2.45) is 5.73 Å². The summed E-state index contributed by atoms with van der Waals surface area (Å²) in [5, 5.41) is 5.73. The van der Waals surface area contributed by atoms with Gasteiger partial charge in [0.1, 0.15) is 0 Å². The smallest absolute Gasteiger partial charge is 0.315 e. The molecule has 0 saturated carbocycles. The average molecular weight is 291 g/mol. The number of aromatic nitrogens is 1. The third-order valence-electron chi connectivity index (χ3n) is 3.46. The lowest BCUT2D eigenvalue weighted by Gasteiger charge is -2.31. The number of urea groups is 1. The molecule has 114 valence electrons. The topological polar surface area (TPSA) is 100 Å². The van der Waals surface area contributed by atoms with E-state index < -0.39 is 0 Å². The van der Waals surface area contributed by atoms with Crippen LogP contribution < -0.4 is 16.4 Å². The van der Waals surface area contributed by atoms with Crippen molar-refractivity contribution in [3.8, 4) is 0 Å². The molecular formula is C14H21N5O2. The summed E-state index contributed by atoms with van der Waals surface area (Å²) < 4.78 is 0. The van der Waals surface area contributed by atoms with Crippen molar-refractivity contribution in [2.75, 3.05) is 19.6 Å². The Bertz CT molecular complexity index is 472. The molecule has 1 fully saturated rings. The number of likely N-dealkylation sites (tertiary alicyclic amines) is 1. The summed E-state index contributed by atoms with van der Waals surface area (Å²) in [6, 6.07) is 5.54. The van der Waals surface area contributed by atoms with Crippen molar-refractivity contribution in [1.82, 2.24) is 20.5 Å². The standard InChI is InChI=1S/C14H21N5O2/c15-13(20)10-19-7-4-11(5-8-19)18-14(21)17-9-12-3-1-2-6-16-12/h1-3,6,11H,4-5,7-10H2,(H2,15,20)(H2,17,18,21). The van der Waals surface area contributed by atoms with E-state index in [9.17, 15) is 9.59 Å². The minimum Gasteiger partial charge on any atom is -0.369 e. The molecule has 4 N–H and O–H groups in total. The van der Waals surface area contributed by atoms with E-state index in [1.54, 1.807) is 6.20 Å². The molecule has 0 spiro atoms. The maximum absolute atomic E-state index is 11.8. The van der Waals surface area contributed by atoms with Crippen LogP contribution in [0.3, 0.4) is 0 Å². The van der Waals surface area contributed by atoms with Crippen LogP contribution in [0, 0.1) is 0 Å². The van der Waals surface area contributed by atoms with Gasteiger partial charge in [-0.15, -0.1) is 0 Å². The molecule has 0 unspecified atom stereocenters. The molecule has 0 bridgehead atoms. The third kappa shape index (κ3) is 5.39. The average Bonchev–Trinajstić information content (AvgIpc) is 2.48.